The van der Waals surface area contributed by atoms with Crippen molar-refractivity contribution in [1.82, 2.24) is 24.8 Å². The van der Waals surface area contributed by atoms with E-state index in [9.17, 15) is 4.79 Å². The number of methoxy groups -OCH3 is 1. The van der Waals surface area contributed by atoms with Gasteiger partial charge in [-0.15, -0.1) is 0 Å². The number of aromatic nitrogens is 4. The molecule has 0 amide bonds. The van der Waals surface area contributed by atoms with Crippen molar-refractivity contribution in [1.29, 1.82) is 0 Å². The minimum atomic E-state index is -0.196. The van der Waals surface area contributed by atoms with Gasteiger partial charge < -0.3 is 19.9 Å². The largest absolute Gasteiger partial charge is 0.480 e. The number of hydrogen-bond donors (Lipinski definition) is 2. The van der Waals surface area contributed by atoms with Crippen molar-refractivity contribution in [2.24, 2.45) is 0 Å². The van der Waals surface area contributed by atoms with Crippen LogP contribution in [0.5, 0.6) is 5.88 Å². The number of rotatable bonds is 7. The van der Waals surface area contributed by atoms with E-state index in [1.54, 1.807) is 25.7 Å². The standard InChI is InChI=1S/C28H32N6O2/c1-4-11-34-12-8-19(9-13-34)22-6-5-21(14-18(22)2)31-27-26-20(7-10-30-28(26)35)15-23(33-27)24-16-29-17-25(32-24)36-3/h5-7,10,14-17,19H,4,8-9,11-13H2,1-3H3,(H,30,35)(H,31,33). The Balaban J connectivity index is 1.46. The second kappa shape index (κ2) is 10.5. The van der Waals surface area contributed by atoms with E-state index >= 15 is 0 Å². The SMILES string of the molecule is CCCN1CCC(c2ccc(Nc3nc(-c4cncc(OC)n4)cc4cc[nH]c(=O)c34)cc2C)CC1. The van der Waals surface area contributed by atoms with Gasteiger partial charge in [0, 0.05) is 11.9 Å². The van der Waals surface area contributed by atoms with Gasteiger partial charge in [-0.25, -0.2) is 9.97 Å². The third-order valence-electron chi connectivity index (χ3n) is 6.94. The first-order chi connectivity index (χ1) is 17.6. The molecule has 1 aliphatic heterocycles. The van der Waals surface area contributed by atoms with Gasteiger partial charge in [0.2, 0.25) is 5.88 Å². The molecule has 0 radical (unpaired) electrons. The summed E-state index contributed by atoms with van der Waals surface area (Å²) in [6, 6.07) is 10.2. The van der Waals surface area contributed by atoms with Gasteiger partial charge in [0.05, 0.1) is 30.6 Å². The van der Waals surface area contributed by atoms with Gasteiger partial charge in [-0.2, -0.15) is 0 Å². The topological polar surface area (TPSA) is 96.0 Å². The molecule has 0 bridgehead atoms. The summed E-state index contributed by atoms with van der Waals surface area (Å²) < 4.78 is 5.23. The molecule has 1 aliphatic rings. The summed E-state index contributed by atoms with van der Waals surface area (Å²) in [4.78, 5) is 31.5. The maximum atomic E-state index is 12.8. The molecule has 3 aromatic heterocycles. The molecule has 0 atom stereocenters. The lowest BCUT2D eigenvalue weighted by molar-refractivity contribution is 0.212. The average Bonchev–Trinajstić information content (AvgIpc) is 2.89. The number of ether oxygens (including phenoxy) is 1. The van der Waals surface area contributed by atoms with Crippen molar-refractivity contribution in [3.63, 3.8) is 0 Å². The van der Waals surface area contributed by atoms with Crippen molar-refractivity contribution in [3.05, 3.63) is 70.4 Å². The molecule has 0 aliphatic carbocycles. The van der Waals surface area contributed by atoms with Crippen LogP contribution < -0.4 is 15.6 Å². The van der Waals surface area contributed by atoms with Crippen LogP contribution in [0.4, 0.5) is 11.5 Å². The lowest BCUT2D eigenvalue weighted by Gasteiger charge is -2.32. The first-order valence-electron chi connectivity index (χ1n) is 12.5. The van der Waals surface area contributed by atoms with Crippen LogP contribution in [0.1, 0.15) is 43.2 Å². The predicted molar refractivity (Wildman–Crippen MR) is 143 cm³/mol. The second-order valence-corrected chi connectivity index (χ2v) is 9.39. The van der Waals surface area contributed by atoms with Gasteiger partial charge in [0.1, 0.15) is 11.5 Å². The Bertz CT molecular complexity index is 1430. The molecule has 2 N–H and O–H groups in total. The van der Waals surface area contributed by atoms with Crippen molar-refractivity contribution in [3.8, 4) is 17.3 Å². The molecule has 8 nitrogen and oxygen atoms in total. The number of anilines is 2. The van der Waals surface area contributed by atoms with Crippen LogP contribution in [0.2, 0.25) is 0 Å². The van der Waals surface area contributed by atoms with Crippen LogP contribution in [0, 0.1) is 6.92 Å². The fourth-order valence-electron chi connectivity index (χ4n) is 5.14. The molecule has 1 saturated heterocycles. The Hall–Kier alpha value is -3.78. The van der Waals surface area contributed by atoms with Gasteiger partial charge in [-0.3, -0.25) is 9.78 Å². The third-order valence-corrected chi connectivity index (χ3v) is 6.94. The zero-order chi connectivity index (χ0) is 25.1. The number of H-pyrrole nitrogens is 1. The van der Waals surface area contributed by atoms with E-state index < -0.39 is 0 Å². The first kappa shape index (κ1) is 23.9. The number of hydrogen-bond acceptors (Lipinski definition) is 7. The van der Waals surface area contributed by atoms with Crippen molar-refractivity contribution >= 4 is 22.3 Å². The van der Waals surface area contributed by atoms with Crippen LogP contribution in [-0.2, 0) is 0 Å². The fraction of sp³-hybridized carbons (Fsp3) is 0.357. The Morgan fingerprint density at radius 1 is 1.11 bits per heavy atom. The Labute approximate surface area is 210 Å². The number of benzene rings is 1. The molecular formula is C28H32N6O2. The molecule has 186 valence electrons. The van der Waals surface area contributed by atoms with E-state index in [1.807, 2.05) is 12.1 Å². The van der Waals surface area contributed by atoms with Gasteiger partial charge >= 0.3 is 0 Å². The lowest BCUT2D eigenvalue weighted by Crippen LogP contribution is -2.33. The number of aromatic amines is 1. The minimum Gasteiger partial charge on any atom is -0.480 e. The van der Waals surface area contributed by atoms with Crippen LogP contribution in [0.15, 0.2) is 53.7 Å². The van der Waals surface area contributed by atoms with Gasteiger partial charge in [-0.05, 0) is 92.5 Å². The molecule has 0 spiro atoms. The van der Waals surface area contributed by atoms with Gasteiger partial charge in [0.25, 0.3) is 5.56 Å². The lowest BCUT2D eigenvalue weighted by atomic mass is 9.86. The number of nitrogens with one attached hydrogen (secondary N) is 2. The third kappa shape index (κ3) is 4.95. The molecular weight excluding hydrogens is 452 g/mol. The summed E-state index contributed by atoms with van der Waals surface area (Å²) in [7, 11) is 1.55. The second-order valence-electron chi connectivity index (χ2n) is 9.39. The number of fused-ring (bicyclic) bond motifs is 1. The van der Waals surface area contributed by atoms with Crippen molar-refractivity contribution < 1.29 is 4.74 Å². The van der Waals surface area contributed by atoms with Crippen LogP contribution in [0.3, 0.4) is 0 Å². The van der Waals surface area contributed by atoms with E-state index in [4.69, 9.17) is 9.72 Å². The summed E-state index contributed by atoms with van der Waals surface area (Å²) in [5.41, 5.74) is 4.54. The monoisotopic (exact) mass is 484 g/mol. The zero-order valence-corrected chi connectivity index (χ0v) is 21.0. The van der Waals surface area contributed by atoms with E-state index in [0.29, 0.717) is 34.4 Å². The molecule has 1 aromatic carbocycles. The maximum Gasteiger partial charge on any atom is 0.259 e. The highest BCUT2D eigenvalue weighted by Crippen LogP contribution is 2.33. The summed E-state index contributed by atoms with van der Waals surface area (Å²) in [5, 5.41) is 4.67. The number of likely N-dealkylation sites (tertiary alicyclic amines) is 1. The minimum absolute atomic E-state index is 0.196. The van der Waals surface area contributed by atoms with Crippen LogP contribution >= 0.6 is 0 Å². The highest BCUT2D eigenvalue weighted by molar-refractivity contribution is 5.94. The molecule has 0 unspecified atom stereocenters. The molecule has 0 saturated carbocycles. The molecule has 1 fully saturated rings. The molecule has 4 heterocycles. The maximum absolute atomic E-state index is 12.8. The highest BCUT2D eigenvalue weighted by atomic mass is 16.5. The Morgan fingerprint density at radius 3 is 2.69 bits per heavy atom. The van der Waals surface area contributed by atoms with E-state index in [0.717, 1.165) is 24.2 Å². The van der Waals surface area contributed by atoms with Crippen LogP contribution in [-0.4, -0.2) is 51.6 Å². The van der Waals surface area contributed by atoms with Crippen LogP contribution in [0.25, 0.3) is 22.2 Å². The summed E-state index contributed by atoms with van der Waals surface area (Å²) in [6.45, 7) is 7.93. The summed E-state index contributed by atoms with van der Waals surface area (Å²) >= 11 is 0. The number of nitrogens with zero attached hydrogens (tertiary/aromatic N) is 4. The van der Waals surface area contributed by atoms with E-state index in [1.165, 1.54) is 36.9 Å². The summed E-state index contributed by atoms with van der Waals surface area (Å²) in [5.74, 6) is 1.47. The Morgan fingerprint density at radius 2 is 1.94 bits per heavy atom. The number of pyridine rings is 2. The highest BCUT2D eigenvalue weighted by Gasteiger charge is 2.21. The van der Waals surface area contributed by atoms with Crippen molar-refractivity contribution in [2.45, 2.75) is 39.0 Å². The summed E-state index contributed by atoms with van der Waals surface area (Å²) in [6.07, 6.45) is 8.42. The Kier molecular flexibility index (Phi) is 6.95. The number of piperidine rings is 1. The van der Waals surface area contributed by atoms with Gasteiger partial charge in [-0.1, -0.05) is 13.0 Å². The van der Waals surface area contributed by atoms with E-state index in [2.05, 4.69) is 57.2 Å². The quantitative estimate of drug-likeness (QED) is 0.380. The molecule has 4 aromatic rings. The van der Waals surface area contributed by atoms with Gasteiger partial charge in [0.15, 0.2) is 0 Å². The van der Waals surface area contributed by atoms with E-state index in [-0.39, 0.29) is 5.56 Å². The normalized spacial score (nSPS) is 14.8. The smallest absolute Gasteiger partial charge is 0.259 e. The number of aryl methyl sites for hydroxylation is 1. The molecule has 5 rings (SSSR count). The fourth-order valence-corrected chi connectivity index (χ4v) is 5.14. The van der Waals surface area contributed by atoms with Crippen molar-refractivity contribution in [2.75, 3.05) is 32.1 Å². The predicted octanol–water partition coefficient (Wildman–Crippen LogP) is 5.03. The molecule has 8 heteroatoms. The molecule has 36 heavy (non-hydrogen) atoms. The average molecular weight is 485 g/mol. The first-order valence-corrected chi connectivity index (χ1v) is 12.5. The zero-order valence-electron chi connectivity index (χ0n) is 21.0.